The van der Waals surface area contributed by atoms with Crippen LogP contribution in [0.5, 0.6) is 0 Å². The van der Waals surface area contributed by atoms with E-state index in [-0.39, 0.29) is 34.5 Å². The van der Waals surface area contributed by atoms with E-state index in [1.807, 2.05) is 0 Å². The first-order valence-electron chi connectivity index (χ1n) is 5.52. The summed E-state index contributed by atoms with van der Waals surface area (Å²) < 4.78 is 48.2. The van der Waals surface area contributed by atoms with Crippen molar-refractivity contribution in [3.8, 4) is 0 Å². The van der Waals surface area contributed by atoms with Gasteiger partial charge in [0.15, 0.2) is 9.84 Å². The maximum absolute atomic E-state index is 12.8. The summed E-state index contributed by atoms with van der Waals surface area (Å²) in [6.45, 7) is 0. The van der Waals surface area contributed by atoms with E-state index >= 15 is 0 Å². The van der Waals surface area contributed by atoms with E-state index in [9.17, 15) is 17.2 Å². The fraction of sp³-hybridized carbons (Fsp3) is 0.455. The summed E-state index contributed by atoms with van der Waals surface area (Å²) in [7, 11) is -3.03. The van der Waals surface area contributed by atoms with E-state index in [0.29, 0.717) is 6.42 Å². The molecule has 1 fully saturated rings. The van der Waals surface area contributed by atoms with Crippen molar-refractivity contribution < 1.29 is 17.2 Å². The summed E-state index contributed by atoms with van der Waals surface area (Å²) in [5, 5.41) is 2.86. The van der Waals surface area contributed by atoms with Crippen molar-refractivity contribution in [2.75, 3.05) is 22.6 Å². The Balaban J connectivity index is 2.19. The number of alkyl halides is 2. The van der Waals surface area contributed by atoms with Crippen LogP contribution in [0, 0.1) is 0 Å². The predicted octanol–water partition coefficient (Wildman–Crippen LogP) is 1.81. The average molecular weight is 276 g/mol. The van der Waals surface area contributed by atoms with Crippen molar-refractivity contribution in [2.45, 2.75) is 18.9 Å². The summed E-state index contributed by atoms with van der Waals surface area (Å²) in [6.07, 6.45) is -2.20. The molecule has 100 valence electrons. The van der Waals surface area contributed by atoms with Crippen LogP contribution < -0.4 is 11.1 Å². The number of nitrogen functional groups attached to an aromatic ring is 1. The molecular weight excluding hydrogens is 262 g/mol. The molecule has 0 spiro atoms. The number of rotatable bonds is 3. The lowest BCUT2D eigenvalue weighted by atomic mass is 10.1. The highest BCUT2D eigenvalue weighted by molar-refractivity contribution is 7.91. The van der Waals surface area contributed by atoms with E-state index in [0.717, 1.165) is 0 Å². The van der Waals surface area contributed by atoms with Crippen molar-refractivity contribution in [3.63, 3.8) is 0 Å². The third-order valence-corrected chi connectivity index (χ3v) is 4.67. The molecule has 0 aliphatic carbocycles. The van der Waals surface area contributed by atoms with Gasteiger partial charge in [0.05, 0.1) is 11.5 Å². The molecule has 1 saturated heterocycles. The van der Waals surface area contributed by atoms with Gasteiger partial charge < -0.3 is 11.1 Å². The number of benzene rings is 1. The molecule has 0 amide bonds. The van der Waals surface area contributed by atoms with Crippen LogP contribution in [0.2, 0.25) is 0 Å². The zero-order valence-electron chi connectivity index (χ0n) is 9.57. The Morgan fingerprint density at radius 2 is 2.11 bits per heavy atom. The fourth-order valence-corrected chi connectivity index (χ4v) is 3.70. The van der Waals surface area contributed by atoms with Crippen molar-refractivity contribution in [1.82, 2.24) is 0 Å². The molecule has 18 heavy (non-hydrogen) atoms. The molecule has 3 N–H and O–H groups in total. The molecule has 0 saturated carbocycles. The molecular formula is C11H14F2N2O2S. The van der Waals surface area contributed by atoms with E-state index in [4.69, 9.17) is 5.73 Å². The Hall–Kier alpha value is -1.37. The van der Waals surface area contributed by atoms with Crippen LogP contribution in [0.25, 0.3) is 0 Å². The highest BCUT2D eigenvalue weighted by Crippen LogP contribution is 2.30. The van der Waals surface area contributed by atoms with Crippen molar-refractivity contribution >= 4 is 21.2 Å². The van der Waals surface area contributed by atoms with Gasteiger partial charge in [-0.15, -0.1) is 0 Å². The summed E-state index contributed by atoms with van der Waals surface area (Å²) in [4.78, 5) is 0. The third-order valence-electron chi connectivity index (χ3n) is 2.90. The van der Waals surface area contributed by atoms with E-state index in [2.05, 4.69) is 5.32 Å². The zero-order valence-corrected chi connectivity index (χ0v) is 10.4. The molecule has 2 rings (SSSR count). The van der Waals surface area contributed by atoms with Crippen LogP contribution in [-0.4, -0.2) is 26.0 Å². The number of nitrogens with one attached hydrogen (secondary N) is 1. The largest absolute Gasteiger partial charge is 0.399 e. The minimum atomic E-state index is -3.03. The molecule has 1 aliphatic heterocycles. The van der Waals surface area contributed by atoms with Gasteiger partial charge in [-0.2, -0.15) is 0 Å². The highest BCUT2D eigenvalue weighted by Gasteiger charge is 2.28. The Labute approximate surface area is 104 Å². The fourth-order valence-electron chi connectivity index (χ4n) is 2.02. The summed E-state index contributed by atoms with van der Waals surface area (Å²) in [5.41, 5.74) is 5.77. The van der Waals surface area contributed by atoms with Gasteiger partial charge in [-0.1, -0.05) is 0 Å². The van der Waals surface area contributed by atoms with Crippen LogP contribution in [0.4, 0.5) is 20.2 Å². The van der Waals surface area contributed by atoms with Gasteiger partial charge in [0, 0.05) is 23.0 Å². The van der Waals surface area contributed by atoms with Crippen LogP contribution >= 0.6 is 0 Å². The molecule has 4 nitrogen and oxygen atoms in total. The van der Waals surface area contributed by atoms with Crippen molar-refractivity contribution in [2.24, 2.45) is 0 Å². The molecule has 7 heteroatoms. The van der Waals surface area contributed by atoms with Crippen LogP contribution in [0.1, 0.15) is 18.4 Å². The lowest BCUT2D eigenvalue weighted by Gasteiger charge is -2.16. The topological polar surface area (TPSA) is 72.2 Å². The second kappa shape index (κ2) is 4.72. The summed E-state index contributed by atoms with van der Waals surface area (Å²) in [6, 6.07) is 3.87. The molecule has 0 radical (unpaired) electrons. The maximum atomic E-state index is 12.8. The average Bonchev–Trinajstić information content (AvgIpc) is 2.60. The van der Waals surface area contributed by atoms with E-state index in [1.54, 1.807) is 0 Å². The van der Waals surface area contributed by atoms with Crippen molar-refractivity contribution in [1.29, 1.82) is 0 Å². The first-order valence-corrected chi connectivity index (χ1v) is 7.34. The monoisotopic (exact) mass is 276 g/mol. The lowest BCUT2D eigenvalue weighted by molar-refractivity contribution is 0.152. The van der Waals surface area contributed by atoms with Gasteiger partial charge in [-0.05, 0) is 24.6 Å². The maximum Gasteiger partial charge on any atom is 0.265 e. The van der Waals surface area contributed by atoms with Gasteiger partial charge in [-0.3, -0.25) is 0 Å². The highest BCUT2D eigenvalue weighted by atomic mass is 32.2. The smallest absolute Gasteiger partial charge is 0.265 e. The van der Waals surface area contributed by atoms with Gasteiger partial charge in [0.1, 0.15) is 0 Å². The van der Waals surface area contributed by atoms with Crippen LogP contribution in [0.3, 0.4) is 0 Å². The van der Waals surface area contributed by atoms with Crippen LogP contribution in [-0.2, 0) is 9.84 Å². The molecule has 1 atom stereocenters. The number of nitrogens with two attached hydrogens (primary N) is 1. The van der Waals surface area contributed by atoms with Gasteiger partial charge in [-0.25, -0.2) is 17.2 Å². The van der Waals surface area contributed by atoms with E-state index < -0.39 is 16.3 Å². The zero-order chi connectivity index (χ0) is 13.3. The second-order valence-corrected chi connectivity index (χ2v) is 6.62. The normalized spacial score (nSPS) is 22.3. The van der Waals surface area contributed by atoms with Gasteiger partial charge in [0.25, 0.3) is 6.43 Å². The Morgan fingerprint density at radius 3 is 2.67 bits per heavy atom. The molecule has 1 aliphatic rings. The minimum Gasteiger partial charge on any atom is -0.399 e. The Kier molecular flexibility index (Phi) is 3.43. The quantitative estimate of drug-likeness (QED) is 0.826. The van der Waals surface area contributed by atoms with Crippen molar-refractivity contribution in [3.05, 3.63) is 23.8 Å². The summed E-state index contributed by atoms with van der Waals surface area (Å²) >= 11 is 0. The van der Waals surface area contributed by atoms with Gasteiger partial charge in [0.2, 0.25) is 0 Å². The number of sulfone groups is 1. The van der Waals surface area contributed by atoms with E-state index in [1.165, 1.54) is 18.2 Å². The minimum absolute atomic E-state index is 0.0138. The lowest BCUT2D eigenvalue weighted by Crippen LogP contribution is -2.21. The molecule has 1 heterocycles. The standard InChI is InChI=1S/C11H14F2N2O2S/c12-11(13)9-5-7(14)1-2-10(9)15-8-3-4-18(16,17)6-8/h1-2,5,8,11,15H,3-4,6,14H2. The first kappa shape index (κ1) is 13.1. The predicted molar refractivity (Wildman–Crippen MR) is 66.5 cm³/mol. The SMILES string of the molecule is Nc1ccc(NC2CCS(=O)(=O)C2)c(C(F)F)c1. The number of anilines is 2. The Bertz CT molecular complexity index is 546. The number of hydrogen-bond donors (Lipinski definition) is 2. The Morgan fingerprint density at radius 1 is 1.39 bits per heavy atom. The summed E-state index contributed by atoms with van der Waals surface area (Å²) in [5.74, 6) is 0.0870. The molecule has 0 aromatic heterocycles. The van der Waals surface area contributed by atoms with Crippen LogP contribution in [0.15, 0.2) is 18.2 Å². The number of halogens is 2. The second-order valence-electron chi connectivity index (χ2n) is 4.39. The third kappa shape index (κ3) is 2.90. The van der Waals surface area contributed by atoms with Gasteiger partial charge >= 0.3 is 0 Å². The first-order chi connectivity index (χ1) is 8.37. The molecule has 1 aromatic carbocycles. The molecule has 0 bridgehead atoms. The number of hydrogen-bond acceptors (Lipinski definition) is 4. The molecule has 1 aromatic rings. The molecule has 1 unspecified atom stereocenters.